The largest absolute Gasteiger partial charge is 0.419 e. The Bertz CT molecular complexity index is 1170. The van der Waals surface area contributed by atoms with Gasteiger partial charge in [0.25, 0.3) is 0 Å². The van der Waals surface area contributed by atoms with Crippen molar-refractivity contribution < 1.29 is 17.2 Å². The predicted octanol–water partition coefficient (Wildman–Crippen LogP) is 5.99. The molecular formula is C25H29FN2O3S. The van der Waals surface area contributed by atoms with Crippen molar-refractivity contribution >= 4 is 15.7 Å². The van der Waals surface area contributed by atoms with Gasteiger partial charge in [-0.3, -0.25) is 0 Å². The summed E-state index contributed by atoms with van der Waals surface area (Å²) in [4.78, 5) is 6.43. The average Bonchev–Trinajstić information content (AvgIpc) is 3.03. The molecule has 2 aromatic carbocycles. The van der Waals surface area contributed by atoms with Crippen LogP contribution in [0, 0.1) is 5.82 Å². The summed E-state index contributed by atoms with van der Waals surface area (Å²) in [6.07, 6.45) is 4.14. The lowest BCUT2D eigenvalue weighted by molar-refractivity contribution is 0.543. The maximum absolute atomic E-state index is 13.5. The fourth-order valence-corrected chi connectivity index (χ4v) is 5.23. The van der Waals surface area contributed by atoms with Crippen molar-refractivity contribution in [3.8, 4) is 11.5 Å². The third-order valence-corrected chi connectivity index (χ3v) is 7.52. The number of halogens is 1. The Morgan fingerprint density at radius 3 is 2.06 bits per heavy atom. The van der Waals surface area contributed by atoms with Crippen LogP contribution in [-0.2, 0) is 15.3 Å². The van der Waals surface area contributed by atoms with Crippen LogP contribution >= 0.6 is 0 Å². The number of hydrogen-bond acceptors (Lipinski definition) is 5. The highest BCUT2D eigenvalue weighted by Gasteiger charge is 2.32. The van der Waals surface area contributed by atoms with E-state index in [-0.39, 0.29) is 27.1 Å². The van der Waals surface area contributed by atoms with E-state index in [1.54, 1.807) is 0 Å². The number of rotatable bonds is 4. The van der Waals surface area contributed by atoms with Crippen LogP contribution in [0.2, 0.25) is 0 Å². The monoisotopic (exact) mass is 456 g/mol. The second-order valence-corrected chi connectivity index (χ2v) is 11.2. The number of hydrogen-bond donors (Lipinski definition) is 0. The van der Waals surface area contributed by atoms with Crippen molar-refractivity contribution in [2.75, 3.05) is 18.0 Å². The summed E-state index contributed by atoms with van der Waals surface area (Å²) in [6, 6.07) is 12.7. The van der Waals surface area contributed by atoms with Crippen molar-refractivity contribution in [2.45, 2.75) is 61.8 Å². The number of sulfone groups is 1. The quantitative estimate of drug-likeness (QED) is 0.451. The van der Waals surface area contributed by atoms with Gasteiger partial charge in [-0.25, -0.2) is 12.8 Å². The fourth-order valence-electron chi connectivity index (χ4n) is 3.91. The molecule has 1 aliphatic heterocycles. The van der Waals surface area contributed by atoms with Gasteiger partial charge >= 0.3 is 0 Å². The maximum atomic E-state index is 13.5. The normalized spacial score (nSPS) is 15.6. The van der Waals surface area contributed by atoms with Crippen LogP contribution in [0.4, 0.5) is 10.3 Å². The van der Waals surface area contributed by atoms with Gasteiger partial charge in [0.05, 0.1) is 4.90 Å². The van der Waals surface area contributed by atoms with Crippen LogP contribution in [-0.4, -0.2) is 26.5 Å². The van der Waals surface area contributed by atoms with Crippen molar-refractivity contribution in [3.63, 3.8) is 0 Å². The smallest absolute Gasteiger partial charge is 0.236 e. The lowest BCUT2D eigenvalue weighted by Crippen LogP contribution is -2.25. The Labute approximate surface area is 189 Å². The minimum Gasteiger partial charge on any atom is -0.419 e. The molecule has 0 amide bonds. The summed E-state index contributed by atoms with van der Waals surface area (Å²) in [5.41, 5.74) is 1.89. The van der Waals surface area contributed by atoms with E-state index in [0.29, 0.717) is 13.1 Å². The van der Waals surface area contributed by atoms with Crippen molar-refractivity contribution in [2.24, 2.45) is 0 Å². The molecule has 7 heteroatoms. The number of aromatic nitrogens is 1. The topological polar surface area (TPSA) is 63.4 Å². The third kappa shape index (κ3) is 4.58. The first kappa shape index (κ1) is 22.5. The Morgan fingerprint density at radius 1 is 0.906 bits per heavy atom. The van der Waals surface area contributed by atoms with Crippen molar-refractivity contribution in [1.82, 2.24) is 4.98 Å². The van der Waals surface area contributed by atoms with Crippen LogP contribution in [0.3, 0.4) is 0 Å². The summed E-state index contributed by atoms with van der Waals surface area (Å²) >= 11 is 0. The lowest BCUT2D eigenvalue weighted by Gasteiger charge is -2.20. The van der Waals surface area contributed by atoms with E-state index in [1.165, 1.54) is 17.7 Å². The molecule has 1 fully saturated rings. The summed E-state index contributed by atoms with van der Waals surface area (Å²) in [5, 5.41) is -0.110. The van der Waals surface area contributed by atoms with E-state index in [1.807, 2.05) is 29.2 Å². The molecular weight excluding hydrogens is 427 g/mol. The number of benzene rings is 2. The second-order valence-electron chi connectivity index (χ2n) is 9.32. The second kappa shape index (κ2) is 8.70. The number of oxazole rings is 1. The highest BCUT2D eigenvalue weighted by Crippen LogP contribution is 2.36. The molecule has 1 aliphatic rings. The minimum absolute atomic E-state index is 0.00194. The molecule has 2 heterocycles. The van der Waals surface area contributed by atoms with Crippen molar-refractivity contribution in [1.29, 1.82) is 0 Å². The summed E-state index contributed by atoms with van der Waals surface area (Å²) < 4.78 is 46.4. The van der Waals surface area contributed by atoms with E-state index in [9.17, 15) is 12.8 Å². The Hall–Kier alpha value is -2.67. The molecule has 1 aromatic heterocycles. The standard InChI is InChI=1S/C25H29FN2O3S/c1-25(2,3)19-10-8-18(9-11-19)22-27-23(24(31-22)28-16-6-4-5-7-17-28)32(29,30)21-14-12-20(26)13-15-21/h8-15H,4-7,16-17H2,1-3H3. The molecule has 170 valence electrons. The SMILES string of the molecule is CC(C)(C)c1ccc(-c2nc(S(=O)(=O)c3ccc(F)cc3)c(N3CCCCCC3)o2)cc1. The predicted molar refractivity (Wildman–Crippen MR) is 123 cm³/mol. The molecule has 0 atom stereocenters. The van der Waals surface area contributed by atoms with Crippen LogP contribution < -0.4 is 4.90 Å². The molecule has 32 heavy (non-hydrogen) atoms. The van der Waals surface area contributed by atoms with Gasteiger partial charge in [0.1, 0.15) is 5.82 Å². The van der Waals surface area contributed by atoms with E-state index >= 15 is 0 Å². The molecule has 0 spiro atoms. The maximum Gasteiger partial charge on any atom is 0.236 e. The number of anilines is 1. The van der Waals surface area contributed by atoms with Crippen molar-refractivity contribution in [3.05, 3.63) is 59.9 Å². The third-order valence-electron chi connectivity index (χ3n) is 5.85. The highest BCUT2D eigenvalue weighted by molar-refractivity contribution is 7.91. The van der Waals surface area contributed by atoms with Crippen LogP contribution in [0.5, 0.6) is 0 Å². The van der Waals surface area contributed by atoms with Gasteiger partial charge in [0.15, 0.2) is 0 Å². The van der Waals surface area contributed by atoms with Crippen LogP contribution in [0.15, 0.2) is 62.9 Å². The molecule has 5 nitrogen and oxygen atoms in total. The van der Waals surface area contributed by atoms with Gasteiger partial charge in [-0.15, -0.1) is 0 Å². The molecule has 0 radical (unpaired) electrons. The molecule has 0 saturated carbocycles. The van der Waals surface area contributed by atoms with Gasteiger partial charge in [-0.05, 0) is 60.2 Å². The molecule has 0 unspecified atom stereocenters. The first-order chi connectivity index (χ1) is 15.2. The van der Waals surface area contributed by atoms with E-state index in [4.69, 9.17) is 4.42 Å². The zero-order valence-electron chi connectivity index (χ0n) is 18.8. The Balaban J connectivity index is 1.81. The van der Waals surface area contributed by atoms with Gasteiger partial charge in [0, 0.05) is 18.7 Å². The summed E-state index contributed by atoms with van der Waals surface area (Å²) in [6.45, 7) is 7.83. The summed E-state index contributed by atoms with van der Waals surface area (Å²) in [5.74, 6) is 0.0491. The minimum atomic E-state index is -3.98. The van der Waals surface area contributed by atoms with E-state index < -0.39 is 15.7 Å². The molecule has 0 bridgehead atoms. The highest BCUT2D eigenvalue weighted by atomic mass is 32.2. The van der Waals surface area contributed by atoms with E-state index in [0.717, 1.165) is 43.4 Å². The van der Waals surface area contributed by atoms with Gasteiger partial charge in [-0.2, -0.15) is 4.98 Å². The molecule has 1 saturated heterocycles. The molecule has 3 aromatic rings. The summed E-state index contributed by atoms with van der Waals surface area (Å²) in [7, 11) is -3.98. The van der Waals surface area contributed by atoms with Crippen LogP contribution in [0.25, 0.3) is 11.5 Å². The zero-order valence-corrected chi connectivity index (χ0v) is 19.6. The molecule has 0 aliphatic carbocycles. The average molecular weight is 457 g/mol. The lowest BCUT2D eigenvalue weighted by atomic mass is 9.87. The van der Waals surface area contributed by atoms with Crippen LogP contribution in [0.1, 0.15) is 52.0 Å². The van der Waals surface area contributed by atoms with Gasteiger partial charge < -0.3 is 9.32 Å². The van der Waals surface area contributed by atoms with Gasteiger partial charge in [-0.1, -0.05) is 45.7 Å². The first-order valence-electron chi connectivity index (χ1n) is 11.0. The zero-order chi connectivity index (χ0) is 22.9. The van der Waals surface area contributed by atoms with E-state index in [2.05, 4.69) is 25.8 Å². The fraction of sp³-hybridized carbons (Fsp3) is 0.400. The number of nitrogens with zero attached hydrogens (tertiary/aromatic N) is 2. The van der Waals surface area contributed by atoms with Gasteiger partial charge in [0.2, 0.25) is 26.6 Å². The Morgan fingerprint density at radius 2 is 1.50 bits per heavy atom. The molecule has 0 N–H and O–H groups in total. The first-order valence-corrected chi connectivity index (χ1v) is 12.5. The molecule has 4 rings (SSSR count). The Kier molecular flexibility index (Phi) is 6.12.